The molecular formula is C26H30N2O6S. The Morgan fingerprint density at radius 3 is 2.17 bits per heavy atom. The van der Waals surface area contributed by atoms with Crippen LogP contribution in [0.5, 0.6) is 17.2 Å². The van der Waals surface area contributed by atoms with Gasteiger partial charge in [-0.15, -0.1) is 0 Å². The molecule has 1 N–H and O–H groups in total. The molecule has 0 heterocycles. The van der Waals surface area contributed by atoms with E-state index in [9.17, 15) is 13.2 Å². The van der Waals surface area contributed by atoms with Gasteiger partial charge in [-0.05, 0) is 55.8 Å². The Bertz CT molecular complexity index is 1230. The van der Waals surface area contributed by atoms with E-state index in [4.69, 9.17) is 14.2 Å². The van der Waals surface area contributed by atoms with Crippen LogP contribution in [0.3, 0.4) is 0 Å². The maximum atomic E-state index is 13.6. The molecule has 35 heavy (non-hydrogen) atoms. The Hall–Kier alpha value is -3.72. The monoisotopic (exact) mass is 498 g/mol. The second-order valence-corrected chi connectivity index (χ2v) is 9.81. The van der Waals surface area contributed by atoms with Crippen LogP contribution in [0.4, 0.5) is 5.69 Å². The fraction of sp³-hybridized carbons (Fsp3) is 0.269. The predicted octanol–water partition coefficient (Wildman–Crippen LogP) is 4.00. The number of rotatable bonds is 11. The summed E-state index contributed by atoms with van der Waals surface area (Å²) in [6.45, 7) is 3.67. The van der Waals surface area contributed by atoms with Gasteiger partial charge in [-0.1, -0.05) is 30.3 Å². The molecular weight excluding hydrogens is 468 g/mol. The second-order valence-electron chi connectivity index (χ2n) is 7.95. The quantitative estimate of drug-likeness (QED) is 0.429. The summed E-state index contributed by atoms with van der Waals surface area (Å²) in [5, 5.41) is 2.79. The van der Waals surface area contributed by atoms with Gasteiger partial charge in [0.25, 0.3) is 10.0 Å². The van der Waals surface area contributed by atoms with Crippen molar-refractivity contribution in [2.75, 3.05) is 25.1 Å². The van der Waals surface area contributed by atoms with Gasteiger partial charge in [0.05, 0.1) is 30.9 Å². The second kappa shape index (κ2) is 11.6. The van der Waals surface area contributed by atoms with E-state index < -0.39 is 22.5 Å². The fourth-order valence-electron chi connectivity index (χ4n) is 3.36. The predicted molar refractivity (Wildman–Crippen MR) is 135 cm³/mol. The number of ether oxygens (including phenoxy) is 3. The third-order valence-corrected chi connectivity index (χ3v) is 6.83. The number of benzene rings is 3. The van der Waals surface area contributed by atoms with Crippen molar-refractivity contribution in [2.45, 2.75) is 31.4 Å². The van der Waals surface area contributed by atoms with E-state index in [2.05, 4.69) is 5.32 Å². The Balaban J connectivity index is 1.86. The molecule has 9 heteroatoms. The molecule has 0 atom stereocenters. The van der Waals surface area contributed by atoms with Crippen LogP contribution >= 0.6 is 0 Å². The molecule has 3 aromatic rings. The Morgan fingerprint density at radius 1 is 0.914 bits per heavy atom. The van der Waals surface area contributed by atoms with E-state index in [1.54, 1.807) is 30.3 Å². The van der Waals surface area contributed by atoms with Crippen LogP contribution in [-0.4, -0.2) is 41.2 Å². The van der Waals surface area contributed by atoms with Gasteiger partial charge in [-0.3, -0.25) is 9.10 Å². The molecule has 3 aromatic carbocycles. The summed E-state index contributed by atoms with van der Waals surface area (Å²) >= 11 is 0. The highest BCUT2D eigenvalue weighted by Crippen LogP contribution is 2.35. The lowest BCUT2D eigenvalue weighted by Crippen LogP contribution is -2.40. The third kappa shape index (κ3) is 6.66. The number of anilines is 1. The highest BCUT2D eigenvalue weighted by Gasteiger charge is 2.29. The Morgan fingerprint density at radius 2 is 1.57 bits per heavy atom. The van der Waals surface area contributed by atoms with E-state index in [-0.39, 0.29) is 23.2 Å². The average molecular weight is 499 g/mol. The molecule has 1 amide bonds. The number of hydrogen-bond donors (Lipinski definition) is 1. The number of nitrogens with zero attached hydrogens (tertiary/aromatic N) is 1. The molecule has 3 rings (SSSR count). The summed E-state index contributed by atoms with van der Waals surface area (Å²) in [6, 6.07) is 20.1. The maximum absolute atomic E-state index is 13.6. The van der Waals surface area contributed by atoms with Crippen LogP contribution in [0.2, 0.25) is 0 Å². The van der Waals surface area contributed by atoms with Gasteiger partial charge in [0.2, 0.25) is 5.91 Å². The van der Waals surface area contributed by atoms with Gasteiger partial charge in [-0.2, -0.15) is 0 Å². The van der Waals surface area contributed by atoms with Crippen LogP contribution in [-0.2, 0) is 21.4 Å². The van der Waals surface area contributed by atoms with Gasteiger partial charge >= 0.3 is 0 Å². The van der Waals surface area contributed by atoms with Gasteiger partial charge in [0.1, 0.15) is 23.8 Å². The van der Waals surface area contributed by atoms with Gasteiger partial charge in [0, 0.05) is 12.6 Å². The smallest absolute Gasteiger partial charge is 0.264 e. The first kappa shape index (κ1) is 25.9. The van der Waals surface area contributed by atoms with Crippen molar-refractivity contribution in [1.82, 2.24) is 5.32 Å². The zero-order valence-corrected chi connectivity index (χ0v) is 21.0. The maximum Gasteiger partial charge on any atom is 0.264 e. The molecule has 0 saturated heterocycles. The lowest BCUT2D eigenvalue weighted by molar-refractivity contribution is -0.119. The van der Waals surface area contributed by atoms with Gasteiger partial charge < -0.3 is 19.5 Å². The Kier molecular flexibility index (Phi) is 8.59. The first-order valence-corrected chi connectivity index (χ1v) is 12.5. The van der Waals surface area contributed by atoms with Crippen molar-refractivity contribution in [3.05, 3.63) is 78.4 Å². The molecule has 0 bridgehead atoms. The van der Waals surface area contributed by atoms with Crippen molar-refractivity contribution >= 4 is 21.6 Å². The SMILES string of the molecule is COc1ccc(OC)c(N(CC(=O)NCc2ccc(OC(C)C)cc2)S(=O)(=O)c2ccccc2)c1. The topological polar surface area (TPSA) is 94.2 Å². The van der Waals surface area contributed by atoms with Crippen molar-refractivity contribution in [3.8, 4) is 17.2 Å². The van der Waals surface area contributed by atoms with Crippen LogP contribution in [0, 0.1) is 0 Å². The minimum Gasteiger partial charge on any atom is -0.497 e. The molecule has 0 unspecified atom stereocenters. The minimum atomic E-state index is -4.09. The van der Waals surface area contributed by atoms with Crippen molar-refractivity contribution in [1.29, 1.82) is 0 Å². The summed E-state index contributed by atoms with van der Waals surface area (Å²) < 4.78 is 44.5. The van der Waals surface area contributed by atoms with Crippen LogP contribution in [0.1, 0.15) is 19.4 Å². The van der Waals surface area contributed by atoms with Gasteiger partial charge in [-0.25, -0.2) is 8.42 Å². The van der Waals surface area contributed by atoms with E-state index in [1.807, 2.05) is 38.1 Å². The third-order valence-electron chi connectivity index (χ3n) is 5.06. The largest absolute Gasteiger partial charge is 0.497 e. The van der Waals surface area contributed by atoms with Gasteiger partial charge in [0.15, 0.2) is 0 Å². The van der Waals surface area contributed by atoms with Crippen LogP contribution in [0.15, 0.2) is 77.7 Å². The molecule has 0 aliphatic carbocycles. The first-order chi connectivity index (χ1) is 16.7. The van der Waals surface area contributed by atoms with E-state index in [0.717, 1.165) is 15.6 Å². The molecule has 186 valence electrons. The van der Waals surface area contributed by atoms with Crippen LogP contribution < -0.4 is 23.8 Å². The normalized spacial score (nSPS) is 11.1. The molecule has 0 saturated carbocycles. The molecule has 0 aromatic heterocycles. The van der Waals surface area contributed by atoms with Crippen molar-refractivity contribution in [2.24, 2.45) is 0 Å². The first-order valence-electron chi connectivity index (χ1n) is 11.1. The summed E-state index contributed by atoms with van der Waals surface area (Å²) in [4.78, 5) is 13.0. The lowest BCUT2D eigenvalue weighted by atomic mass is 10.2. The molecule has 0 aliphatic rings. The molecule has 0 spiro atoms. The summed E-state index contributed by atoms with van der Waals surface area (Å²) in [6.07, 6.45) is 0.0618. The van der Waals surface area contributed by atoms with Crippen molar-refractivity contribution in [3.63, 3.8) is 0 Å². The fourth-order valence-corrected chi connectivity index (χ4v) is 4.80. The van der Waals surface area contributed by atoms with E-state index >= 15 is 0 Å². The molecule has 0 aliphatic heterocycles. The number of methoxy groups -OCH3 is 2. The highest BCUT2D eigenvalue weighted by atomic mass is 32.2. The average Bonchev–Trinajstić information content (AvgIpc) is 2.86. The Labute approximate surface area is 206 Å². The minimum absolute atomic E-state index is 0.0541. The number of carbonyl (C=O) groups excluding carboxylic acids is 1. The highest BCUT2D eigenvalue weighted by molar-refractivity contribution is 7.92. The number of amides is 1. The number of carbonyl (C=O) groups is 1. The number of hydrogen-bond acceptors (Lipinski definition) is 6. The van der Waals surface area contributed by atoms with Crippen molar-refractivity contribution < 1.29 is 27.4 Å². The standard InChI is InChI=1S/C26H30N2O6S/c1-19(2)34-21-12-10-20(11-13-21)17-27-26(29)18-28(35(30,31)23-8-6-5-7-9-23)24-16-22(32-3)14-15-25(24)33-4/h5-16,19H,17-18H2,1-4H3,(H,27,29). The number of nitrogens with one attached hydrogen (secondary N) is 1. The van der Waals surface area contributed by atoms with E-state index in [1.165, 1.54) is 32.4 Å². The lowest BCUT2D eigenvalue weighted by Gasteiger charge is -2.26. The zero-order valence-electron chi connectivity index (χ0n) is 20.2. The summed E-state index contributed by atoms with van der Waals surface area (Å²) in [5.41, 5.74) is 1.05. The summed E-state index contributed by atoms with van der Waals surface area (Å²) in [7, 11) is -1.17. The molecule has 0 radical (unpaired) electrons. The summed E-state index contributed by atoms with van der Waals surface area (Å²) in [5.74, 6) is 0.981. The van der Waals surface area contributed by atoms with E-state index in [0.29, 0.717) is 11.5 Å². The number of sulfonamides is 1. The zero-order chi connectivity index (χ0) is 25.4. The molecule has 8 nitrogen and oxygen atoms in total. The molecule has 0 fully saturated rings. The van der Waals surface area contributed by atoms with Crippen LogP contribution in [0.25, 0.3) is 0 Å².